The molecule has 25 heavy (non-hydrogen) atoms. The quantitative estimate of drug-likeness (QED) is 0.910. The first-order valence-electron chi connectivity index (χ1n) is 8.59. The van der Waals surface area contributed by atoms with Crippen molar-refractivity contribution in [1.82, 2.24) is 9.88 Å². The third-order valence-corrected chi connectivity index (χ3v) is 4.79. The number of benzene rings is 1. The number of hydrogen-bond acceptors (Lipinski definition) is 4. The van der Waals surface area contributed by atoms with Crippen molar-refractivity contribution >= 4 is 23.3 Å². The van der Waals surface area contributed by atoms with E-state index >= 15 is 0 Å². The van der Waals surface area contributed by atoms with Gasteiger partial charge in [-0.1, -0.05) is 6.07 Å². The SMILES string of the molecule is O=C1CCc2cc(C(=O)N3CCN(c4ccccn4)CC3)ccc2N1. The van der Waals surface area contributed by atoms with E-state index in [2.05, 4.69) is 15.2 Å². The summed E-state index contributed by atoms with van der Waals surface area (Å²) in [5, 5.41) is 2.85. The smallest absolute Gasteiger partial charge is 0.253 e. The van der Waals surface area contributed by atoms with Crippen molar-refractivity contribution in [2.75, 3.05) is 36.4 Å². The van der Waals surface area contributed by atoms with E-state index in [-0.39, 0.29) is 11.8 Å². The number of fused-ring (bicyclic) bond motifs is 1. The molecule has 6 nitrogen and oxygen atoms in total. The van der Waals surface area contributed by atoms with Crippen molar-refractivity contribution in [3.63, 3.8) is 0 Å². The lowest BCUT2D eigenvalue weighted by molar-refractivity contribution is -0.116. The van der Waals surface area contributed by atoms with Crippen LogP contribution < -0.4 is 10.2 Å². The van der Waals surface area contributed by atoms with Crippen LogP contribution in [-0.4, -0.2) is 47.9 Å². The molecule has 0 atom stereocenters. The molecule has 1 N–H and O–H groups in total. The maximum atomic E-state index is 12.8. The standard InChI is InChI=1S/C19H20N4O2/c24-18-7-5-14-13-15(4-6-16(14)21-18)19(25)23-11-9-22(10-12-23)17-3-1-2-8-20-17/h1-4,6,8,13H,5,7,9-12H2,(H,21,24). The predicted octanol–water partition coefficient (Wildman–Crippen LogP) is 1.93. The predicted molar refractivity (Wildman–Crippen MR) is 95.7 cm³/mol. The molecule has 0 spiro atoms. The molecule has 2 aliphatic heterocycles. The van der Waals surface area contributed by atoms with Crippen molar-refractivity contribution in [3.05, 3.63) is 53.7 Å². The molecule has 2 amide bonds. The molecule has 2 aliphatic rings. The molecule has 0 bridgehead atoms. The highest BCUT2D eigenvalue weighted by Crippen LogP contribution is 2.24. The minimum Gasteiger partial charge on any atom is -0.353 e. The Balaban J connectivity index is 1.43. The maximum absolute atomic E-state index is 12.8. The molecular formula is C19H20N4O2. The number of aromatic nitrogens is 1. The summed E-state index contributed by atoms with van der Waals surface area (Å²) in [6.45, 7) is 2.93. The zero-order valence-electron chi connectivity index (χ0n) is 13.9. The van der Waals surface area contributed by atoms with Crippen molar-refractivity contribution in [3.8, 4) is 0 Å². The van der Waals surface area contributed by atoms with Gasteiger partial charge in [0.15, 0.2) is 0 Å². The Morgan fingerprint density at radius 2 is 1.88 bits per heavy atom. The van der Waals surface area contributed by atoms with Crippen molar-refractivity contribution < 1.29 is 9.59 Å². The molecule has 1 fully saturated rings. The molecule has 4 rings (SSSR count). The Morgan fingerprint density at radius 3 is 2.64 bits per heavy atom. The number of aryl methyl sites for hydroxylation is 1. The number of rotatable bonds is 2. The highest BCUT2D eigenvalue weighted by Gasteiger charge is 2.24. The highest BCUT2D eigenvalue weighted by atomic mass is 16.2. The maximum Gasteiger partial charge on any atom is 0.253 e. The summed E-state index contributed by atoms with van der Waals surface area (Å²) in [6.07, 6.45) is 2.96. The van der Waals surface area contributed by atoms with Crippen LogP contribution in [0.2, 0.25) is 0 Å². The lowest BCUT2D eigenvalue weighted by atomic mass is 10.00. The van der Waals surface area contributed by atoms with Crippen LogP contribution in [0.25, 0.3) is 0 Å². The molecule has 1 aromatic heterocycles. The van der Waals surface area contributed by atoms with Crippen LogP contribution in [0, 0.1) is 0 Å². The van der Waals surface area contributed by atoms with Gasteiger partial charge in [0.25, 0.3) is 5.91 Å². The van der Waals surface area contributed by atoms with Crippen LogP contribution >= 0.6 is 0 Å². The average molecular weight is 336 g/mol. The zero-order valence-corrected chi connectivity index (χ0v) is 13.9. The fourth-order valence-corrected chi connectivity index (χ4v) is 3.38. The first kappa shape index (κ1) is 15.6. The second-order valence-electron chi connectivity index (χ2n) is 6.39. The zero-order chi connectivity index (χ0) is 17.2. The number of pyridine rings is 1. The topological polar surface area (TPSA) is 65.5 Å². The second-order valence-corrected chi connectivity index (χ2v) is 6.39. The van der Waals surface area contributed by atoms with E-state index < -0.39 is 0 Å². The van der Waals surface area contributed by atoms with Gasteiger partial charge in [-0.2, -0.15) is 0 Å². The summed E-state index contributed by atoms with van der Waals surface area (Å²) in [5.74, 6) is 1.05. The first-order valence-corrected chi connectivity index (χ1v) is 8.59. The van der Waals surface area contributed by atoms with Gasteiger partial charge in [-0.3, -0.25) is 9.59 Å². The number of nitrogens with zero attached hydrogens (tertiary/aromatic N) is 3. The summed E-state index contributed by atoms with van der Waals surface area (Å²) in [5.41, 5.74) is 2.56. The summed E-state index contributed by atoms with van der Waals surface area (Å²) in [6, 6.07) is 11.4. The van der Waals surface area contributed by atoms with Gasteiger partial charge in [0.1, 0.15) is 5.82 Å². The number of hydrogen-bond donors (Lipinski definition) is 1. The van der Waals surface area contributed by atoms with Crippen LogP contribution in [0.4, 0.5) is 11.5 Å². The van der Waals surface area contributed by atoms with E-state index in [4.69, 9.17) is 0 Å². The summed E-state index contributed by atoms with van der Waals surface area (Å²) in [7, 11) is 0. The second kappa shape index (κ2) is 6.55. The Labute approximate surface area is 146 Å². The van der Waals surface area contributed by atoms with Crippen molar-refractivity contribution in [2.24, 2.45) is 0 Å². The summed E-state index contributed by atoms with van der Waals surface area (Å²) in [4.78, 5) is 32.7. The van der Waals surface area contributed by atoms with Gasteiger partial charge in [0.2, 0.25) is 5.91 Å². The van der Waals surface area contributed by atoms with Crippen LogP contribution in [0.5, 0.6) is 0 Å². The Bertz CT molecular complexity index is 798. The molecule has 3 heterocycles. The van der Waals surface area contributed by atoms with Crippen LogP contribution in [0.1, 0.15) is 22.3 Å². The molecule has 0 radical (unpaired) electrons. The molecule has 1 aromatic carbocycles. The Morgan fingerprint density at radius 1 is 1.04 bits per heavy atom. The molecule has 128 valence electrons. The largest absolute Gasteiger partial charge is 0.353 e. The highest BCUT2D eigenvalue weighted by molar-refractivity contribution is 5.98. The van der Waals surface area contributed by atoms with Gasteiger partial charge >= 0.3 is 0 Å². The lowest BCUT2D eigenvalue weighted by Gasteiger charge is -2.35. The summed E-state index contributed by atoms with van der Waals surface area (Å²) < 4.78 is 0. The molecule has 6 heteroatoms. The Hall–Kier alpha value is -2.89. The average Bonchev–Trinajstić information content (AvgIpc) is 2.68. The fourth-order valence-electron chi connectivity index (χ4n) is 3.38. The van der Waals surface area contributed by atoms with E-state index in [1.165, 1.54) is 0 Å². The molecular weight excluding hydrogens is 316 g/mol. The van der Waals surface area contributed by atoms with E-state index in [9.17, 15) is 9.59 Å². The van der Waals surface area contributed by atoms with E-state index in [1.54, 1.807) is 12.3 Å². The number of piperazine rings is 1. The Kier molecular flexibility index (Phi) is 4.09. The number of carbonyl (C=O) groups is 2. The normalized spacial score (nSPS) is 17.0. The third-order valence-electron chi connectivity index (χ3n) is 4.79. The van der Waals surface area contributed by atoms with Crippen LogP contribution in [0.3, 0.4) is 0 Å². The number of anilines is 2. The van der Waals surface area contributed by atoms with Gasteiger partial charge in [0.05, 0.1) is 0 Å². The molecule has 0 unspecified atom stereocenters. The summed E-state index contributed by atoms with van der Waals surface area (Å²) >= 11 is 0. The number of nitrogens with one attached hydrogen (secondary N) is 1. The van der Waals surface area contributed by atoms with E-state index in [0.29, 0.717) is 31.5 Å². The van der Waals surface area contributed by atoms with Gasteiger partial charge in [-0.05, 0) is 42.3 Å². The minimum atomic E-state index is 0.0391. The molecule has 0 aliphatic carbocycles. The number of amides is 2. The number of carbonyl (C=O) groups excluding carboxylic acids is 2. The van der Waals surface area contributed by atoms with Gasteiger partial charge < -0.3 is 15.1 Å². The van der Waals surface area contributed by atoms with Crippen LogP contribution in [0.15, 0.2) is 42.6 Å². The lowest BCUT2D eigenvalue weighted by Crippen LogP contribution is -2.49. The van der Waals surface area contributed by atoms with Gasteiger partial charge in [-0.15, -0.1) is 0 Å². The van der Waals surface area contributed by atoms with E-state index in [1.807, 2.05) is 35.2 Å². The molecule has 2 aromatic rings. The monoisotopic (exact) mass is 336 g/mol. The van der Waals surface area contributed by atoms with Crippen LogP contribution in [-0.2, 0) is 11.2 Å². The minimum absolute atomic E-state index is 0.0391. The molecule has 0 saturated carbocycles. The first-order chi connectivity index (χ1) is 12.2. The van der Waals surface area contributed by atoms with Crippen molar-refractivity contribution in [1.29, 1.82) is 0 Å². The van der Waals surface area contributed by atoms with Gasteiger partial charge in [-0.25, -0.2) is 4.98 Å². The van der Waals surface area contributed by atoms with E-state index in [0.717, 1.165) is 30.2 Å². The third kappa shape index (κ3) is 3.20. The fraction of sp³-hybridized carbons (Fsp3) is 0.316. The van der Waals surface area contributed by atoms with Gasteiger partial charge in [0, 0.05) is 50.0 Å². The van der Waals surface area contributed by atoms with Crippen molar-refractivity contribution in [2.45, 2.75) is 12.8 Å². The molecule has 1 saturated heterocycles.